The van der Waals surface area contributed by atoms with Crippen LogP contribution < -0.4 is 5.32 Å². The Balaban J connectivity index is 1.98. The van der Waals surface area contributed by atoms with Crippen LogP contribution in [0.3, 0.4) is 0 Å². The topological polar surface area (TPSA) is 32.3 Å². The molecule has 0 heterocycles. The Morgan fingerprint density at radius 3 is 2.00 bits per heavy atom. The van der Waals surface area contributed by atoms with Crippen molar-refractivity contribution in [1.82, 2.24) is 5.32 Å². The van der Waals surface area contributed by atoms with Crippen LogP contribution in [0.5, 0.6) is 0 Å². The molecule has 0 radical (unpaired) electrons. The summed E-state index contributed by atoms with van der Waals surface area (Å²) in [5.41, 5.74) is 0.548. The van der Waals surface area contributed by atoms with E-state index >= 15 is 0 Å². The van der Waals surface area contributed by atoms with Gasteiger partial charge in [0.1, 0.15) is 5.82 Å². The number of nitrogens with one attached hydrogen (secondary N) is 1. The van der Waals surface area contributed by atoms with Crippen molar-refractivity contribution in [3.63, 3.8) is 0 Å². The highest BCUT2D eigenvalue weighted by atomic mass is 19.4. The van der Waals surface area contributed by atoms with Crippen LogP contribution in [0.15, 0.2) is 48.5 Å². The fourth-order valence-corrected chi connectivity index (χ4v) is 2.46. The average molecular weight is 341 g/mol. The smallest absolute Gasteiger partial charge is 0.387 e. The zero-order valence-corrected chi connectivity index (χ0v) is 13.1. The monoisotopic (exact) mass is 341 g/mol. The van der Waals surface area contributed by atoms with Gasteiger partial charge in [-0.1, -0.05) is 31.2 Å². The normalized spacial score (nSPS) is 14.4. The van der Waals surface area contributed by atoms with Crippen molar-refractivity contribution >= 4 is 0 Å². The number of benzene rings is 2. The van der Waals surface area contributed by atoms with E-state index in [4.69, 9.17) is 0 Å². The van der Waals surface area contributed by atoms with Gasteiger partial charge in [-0.15, -0.1) is 0 Å². The molecule has 6 heteroatoms. The molecule has 0 aliphatic rings. The van der Waals surface area contributed by atoms with E-state index in [1.54, 1.807) is 12.1 Å². The molecule has 0 fully saturated rings. The predicted octanol–water partition coefficient (Wildman–Crippen LogP) is 4.62. The summed E-state index contributed by atoms with van der Waals surface area (Å²) < 4.78 is 50.6. The number of aliphatic hydroxyl groups excluding tert-OH is 1. The molecular formula is C18H19F4NO. The van der Waals surface area contributed by atoms with E-state index in [0.717, 1.165) is 24.1 Å². The Hall–Kier alpha value is -1.92. The van der Waals surface area contributed by atoms with Crippen LogP contribution in [0.2, 0.25) is 0 Å². The molecule has 0 amide bonds. The van der Waals surface area contributed by atoms with Crippen LogP contribution in [0, 0.1) is 5.82 Å². The molecule has 0 aliphatic heterocycles. The quantitative estimate of drug-likeness (QED) is 0.752. The zero-order valence-electron chi connectivity index (χ0n) is 13.1. The molecule has 0 saturated carbocycles. The minimum atomic E-state index is -4.39. The lowest BCUT2D eigenvalue weighted by Gasteiger charge is -2.20. The standard InChI is InChI=1S/C18H19F4NO/c1-2-16(12-5-9-15(19)10-6-12)23-11-17(24)13-3-7-14(8-4-13)18(20,21)22/h3-10,16-17,23-24H,2,11H2,1H3/t16-,17-/m1/s1. The Morgan fingerprint density at radius 1 is 0.958 bits per heavy atom. The first-order valence-corrected chi connectivity index (χ1v) is 7.65. The van der Waals surface area contributed by atoms with Gasteiger partial charge in [0.2, 0.25) is 0 Å². The summed E-state index contributed by atoms with van der Waals surface area (Å²) in [5, 5.41) is 13.3. The summed E-state index contributed by atoms with van der Waals surface area (Å²) >= 11 is 0. The van der Waals surface area contributed by atoms with Crippen molar-refractivity contribution in [3.05, 3.63) is 71.0 Å². The molecule has 0 saturated heterocycles. The van der Waals surface area contributed by atoms with Crippen LogP contribution >= 0.6 is 0 Å². The maximum Gasteiger partial charge on any atom is 0.416 e. The second kappa shape index (κ2) is 7.77. The van der Waals surface area contributed by atoms with Crippen LogP contribution in [0.4, 0.5) is 17.6 Å². The highest BCUT2D eigenvalue weighted by Gasteiger charge is 2.30. The third kappa shape index (κ3) is 4.79. The summed E-state index contributed by atoms with van der Waals surface area (Å²) in [6.45, 7) is 2.13. The third-order valence-corrected chi connectivity index (χ3v) is 3.86. The molecule has 0 unspecified atom stereocenters. The minimum absolute atomic E-state index is 0.0744. The Bertz CT molecular complexity index is 638. The molecule has 2 aromatic carbocycles. The van der Waals surface area contributed by atoms with Gasteiger partial charge >= 0.3 is 6.18 Å². The lowest BCUT2D eigenvalue weighted by atomic mass is 10.0. The number of aliphatic hydroxyl groups is 1. The van der Waals surface area contributed by atoms with E-state index < -0.39 is 17.8 Å². The fourth-order valence-electron chi connectivity index (χ4n) is 2.46. The summed E-state index contributed by atoms with van der Waals surface area (Å²) in [4.78, 5) is 0. The molecule has 24 heavy (non-hydrogen) atoms. The van der Waals surface area contributed by atoms with Gasteiger partial charge in [-0.3, -0.25) is 0 Å². The van der Waals surface area contributed by atoms with Crippen molar-refractivity contribution < 1.29 is 22.7 Å². The molecule has 2 atom stereocenters. The number of hydrogen-bond acceptors (Lipinski definition) is 2. The molecule has 2 N–H and O–H groups in total. The van der Waals surface area contributed by atoms with Crippen molar-refractivity contribution in [3.8, 4) is 0 Å². The molecule has 130 valence electrons. The highest BCUT2D eigenvalue weighted by Crippen LogP contribution is 2.30. The van der Waals surface area contributed by atoms with Crippen molar-refractivity contribution in [1.29, 1.82) is 0 Å². The van der Waals surface area contributed by atoms with Crippen molar-refractivity contribution in [2.75, 3.05) is 6.54 Å². The maximum absolute atomic E-state index is 13.0. The van der Waals surface area contributed by atoms with E-state index in [1.807, 2.05) is 6.92 Å². The number of hydrogen-bond donors (Lipinski definition) is 2. The zero-order chi connectivity index (χ0) is 17.7. The van der Waals surface area contributed by atoms with Gasteiger partial charge in [-0.25, -0.2) is 4.39 Å². The van der Waals surface area contributed by atoms with Crippen molar-refractivity contribution in [2.45, 2.75) is 31.7 Å². The van der Waals surface area contributed by atoms with Gasteiger partial charge < -0.3 is 10.4 Å². The SMILES string of the molecule is CC[C@@H](NC[C@@H](O)c1ccc(C(F)(F)F)cc1)c1ccc(F)cc1. The first-order valence-electron chi connectivity index (χ1n) is 7.65. The summed E-state index contributed by atoms with van der Waals surface area (Å²) in [6, 6.07) is 10.4. The number of rotatable bonds is 6. The van der Waals surface area contributed by atoms with E-state index in [2.05, 4.69) is 5.32 Å². The molecule has 0 bridgehead atoms. The maximum atomic E-state index is 13.0. The Kier molecular flexibility index (Phi) is 5.96. The van der Waals surface area contributed by atoms with Gasteiger partial charge in [0, 0.05) is 12.6 Å². The molecule has 2 nitrogen and oxygen atoms in total. The van der Waals surface area contributed by atoms with Crippen molar-refractivity contribution in [2.24, 2.45) is 0 Å². The molecule has 0 aliphatic carbocycles. The molecule has 2 rings (SSSR count). The summed E-state index contributed by atoms with van der Waals surface area (Å²) in [6.07, 6.45) is -4.59. The molecule has 0 aromatic heterocycles. The minimum Gasteiger partial charge on any atom is -0.387 e. The van der Waals surface area contributed by atoms with Crippen LogP contribution in [-0.4, -0.2) is 11.7 Å². The first-order chi connectivity index (χ1) is 11.3. The van der Waals surface area contributed by atoms with Crippen LogP contribution in [0.1, 0.15) is 42.2 Å². The first kappa shape index (κ1) is 18.4. The molecule has 0 spiro atoms. The second-order valence-corrected chi connectivity index (χ2v) is 5.56. The lowest BCUT2D eigenvalue weighted by molar-refractivity contribution is -0.137. The lowest BCUT2D eigenvalue weighted by Crippen LogP contribution is -2.26. The van der Waals surface area contributed by atoms with E-state index in [0.29, 0.717) is 5.56 Å². The van der Waals surface area contributed by atoms with Crippen LogP contribution in [-0.2, 0) is 6.18 Å². The number of alkyl halides is 3. The van der Waals surface area contributed by atoms with Gasteiger partial charge in [-0.2, -0.15) is 13.2 Å². The van der Waals surface area contributed by atoms with Gasteiger partial charge in [-0.05, 0) is 41.8 Å². The van der Waals surface area contributed by atoms with Crippen LogP contribution in [0.25, 0.3) is 0 Å². The molecular weight excluding hydrogens is 322 g/mol. The van der Waals surface area contributed by atoms with E-state index in [9.17, 15) is 22.7 Å². The summed E-state index contributed by atoms with van der Waals surface area (Å²) in [7, 11) is 0. The highest BCUT2D eigenvalue weighted by molar-refractivity contribution is 5.26. The van der Waals surface area contributed by atoms with Gasteiger partial charge in [0.15, 0.2) is 0 Å². The summed E-state index contributed by atoms with van der Waals surface area (Å²) in [5.74, 6) is -0.321. The average Bonchev–Trinajstić information content (AvgIpc) is 2.56. The van der Waals surface area contributed by atoms with Gasteiger partial charge in [0.05, 0.1) is 11.7 Å². The second-order valence-electron chi connectivity index (χ2n) is 5.56. The van der Waals surface area contributed by atoms with E-state index in [1.165, 1.54) is 24.3 Å². The molecule has 2 aromatic rings. The van der Waals surface area contributed by atoms with E-state index in [-0.39, 0.29) is 18.4 Å². The fraction of sp³-hybridized carbons (Fsp3) is 0.333. The third-order valence-electron chi connectivity index (χ3n) is 3.86. The Morgan fingerprint density at radius 2 is 1.50 bits per heavy atom. The predicted molar refractivity (Wildman–Crippen MR) is 83.8 cm³/mol. The largest absolute Gasteiger partial charge is 0.416 e. The Labute approximate surface area is 138 Å². The number of halogens is 4. The van der Waals surface area contributed by atoms with Gasteiger partial charge in [0.25, 0.3) is 0 Å².